The molecule has 0 aromatic rings. The molecule has 0 fully saturated rings. The molecule has 6 heteroatoms. The second kappa shape index (κ2) is 3.80. The minimum atomic E-state index is -1.30. The van der Waals surface area contributed by atoms with Crippen molar-refractivity contribution >= 4 is 11.9 Å². The Morgan fingerprint density at radius 1 is 1.60 bits per heavy atom. The second-order valence-corrected chi connectivity index (χ2v) is 1.61. The number of hydrogen-bond donors (Lipinski definition) is 3. The van der Waals surface area contributed by atoms with Crippen LogP contribution in [-0.2, 0) is 14.5 Å². The Labute approximate surface area is 56.1 Å². The van der Waals surface area contributed by atoms with E-state index in [0.717, 1.165) is 0 Å². The summed E-state index contributed by atoms with van der Waals surface area (Å²) in [7, 11) is 0. The van der Waals surface area contributed by atoms with Crippen LogP contribution in [0.25, 0.3) is 0 Å². The highest BCUT2D eigenvalue weighted by atomic mass is 17.1. The Morgan fingerprint density at radius 2 is 2.10 bits per heavy atom. The molecule has 0 aliphatic rings. The number of carbonyl (C=O) groups is 2. The summed E-state index contributed by atoms with van der Waals surface area (Å²) in [5, 5.41) is 15.8. The third-order valence-corrected chi connectivity index (χ3v) is 0.787. The van der Waals surface area contributed by atoms with Crippen molar-refractivity contribution in [3.8, 4) is 0 Å². The molecule has 6 nitrogen and oxygen atoms in total. The van der Waals surface area contributed by atoms with E-state index in [4.69, 9.17) is 16.1 Å². The van der Waals surface area contributed by atoms with Gasteiger partial charge in [-0.2, -0.15) is 5.26 Å². The molecule has 0 spiro atoms. The third-order valence-electron chi connectivity index (χ3n) is 0.787. The Morgan fingerprint density at radius 3 is 2.40 bits per heavy atom. The van der Waals surface area contributed by atoms with Crippen molar-refractivity contribution in [1.82, 2.24) is 0 Å². The van der Waals surface area contributed by atoms with E-state index < -0.39 is 24.4 Å². The maximum atomic E-state index is 10.2. The zero-order valence-corrected chi connectivity index (χ0v) is 4.98. The number of nitrogens with two attached hydrogens (primary N) is 1. The van der Waals surface area contributed by atoms with Crippen LogP contribution in [-0.4, -0.2) is 28.3 Å². The van der Waals surface area contributed by atoms with Gasteiger partial charge in [-0.05, 0) is 0 Å². The first-order valence-corrected chi connectivity index (χ1v) is 2.40. The normalized spacial score (nSPS) is 12.2. The second-order valence-electron chi connectivity index (χ2n) is 1.61. The van der Waals surface area contributed by atoms with Crippen molar-refractivity contribution < 1.29 is 24.8 Å². The fraction of sp³-hybridized carbons (Fsp3) is 0.500. The molecule has 10 heavy (non-hydrogen) atoms. The van der Waals surface area contributed by atoms with Crippen LogP contribution < -0.4 is 5.73 Å². The van der Waals surface area contributed by atoms with Gasteiger partial charge in [0.25, 0.3) is 0 Å². The average Bonchev–Trinajstić information content (AvgIpc) is 1.85. The zero-order valence-electron chi connectivity index (χ0n) is 4.98. The zero-order chi connectivity index (χ0) is 8.15. The Hall–Kier alpha value is -1.14. The Kier molecular flexibility index (Phi) is 3.37. The highest BCUT2D eigenvalue weighted by Crippen LogP contribution is 1.89. The summed E-state index contributed by atoms with van der Waals surface area (Å²) in [4.78, 5) is 23.2. The molecule has 0 saturated heterocycles. The molecular formula is C4H7NO5. The molecule has 0 rings (SSSR count). The molecule has 0 heterocycles. The summed E-state index contributed by atoms with van der Waals surface area (Å²) in [6, 6.07) is -1.30. The maximum Gasteiger partial charge on any atom is 0.359 e. The first kappa shape index (κ1) is 8.86. The SMILES string of the molecule is N[C@@H](CC(=O)O)C(=O)OO. The lowest BCUT2D eigenvalue weighted by atomic mass is 10.2. The number of carbonyl (C=O) groups excluding carboxylic acids is 1. The van der Waals surface area contributed by atoms with Gasteiger partial charge in [-0.1, -0.05) is 0 Å². The van der Waals surface area contributed by atoms with Crippen LogP contribution in [0.2, 0.25) is 0 Å². The molecule has 0 saturated carbocycles. The Balaban J connectivity index is 3.72. The van der Waals surface area contributed by atoms with Crippen LogP contribution in [0.1, 0.15) is 6.42 Å². The molecule has 0 aromatic carbocycles. The Bertz CT molecular complexity index is 145. The van der Waals surface area contributed by atoms with Crippen molar-refractivity contribution in [2.75, 3.05) is 0 Å². The lowest BCUT2D eigenvalue weighted by molar-refractivity contribution is -0.236. The van der Waals surface area contributed by atoms with Crippen molar-refractivity contribution in [3.63, 3.8) is 0 Å². The average molecular weight is 149 g/mol. The van der Waals surface area contributed by atoms with Gasteiger partial charge in [0, 0.05) is 0 Å². The van der Waals surface area contributed by atoms with Gasteiger partial charge in [-0.25, -0.2) is 4.79 Å². The maximum absolute atomic E-state index is 10.2. The van der Waals surface area contributed by atoms with E-state index in [-0.39, 0.29) is 0 Å². The number of aliphatic carboxylic acids is 1. The van der Waals surface area contributed by atoms with Gasteiger partial charge in [0.05, 0.1) is 6.42 Å². The van der Waals surface area contributed by atoms with Crippen molar-refractivity contribution in [2.24, 2.45) is 5.73 Å². The minimum absolute atomic E-state index is 0.556. The van der Waals surface area contributed by atoms with E-state index in [2.05, 4.69) is 4.89 Å². The summed E-state index contributed by atoms with van der Waals surface area (Å²) in [5.41, 5.74) is 4.91. The van der Waals surface area contributed by atoms with Crippen molar-refractivity contribution in [3.05, 3.63) is 0 Å². The fourth-order valence-corrected chi connectivity index (χ4v) is 0.339. The lowest BCUT2D eigenvalue weighted by Gasteiger charge is -2.01. The molecule has 0 radical (unpaired) electrons. The molecule has 0 aromatic heterocycles. The molecule has 0 unspecified atom stereocenters. The van der Waals surface area contributed by atoms with E-state index in [1.54, 1.807) is 0 Å². The smallest absolute Gasteiger partial charge is 0.359 e. The van der Waals surface area contributed by atoms with E-state index in [0.29, 0.717) is 0 Å². The van der Waals surface area contributed by atoms with E-state index >= 15 is 0 Å². The summed E-state index contributed by atoms with van der Waals surface area (Å²) < 4.78 is 0. The number of carboxylic acid groups (broad SMARTS) is 1. The van der Waals surface area contributed by atoms with Crippen LogP contribution in [0.4, 0.5) is 0 Å². The number of rotatable bonds is 3. The molecule has 0 aliphatic carbocycles. The van der Waals surface area contributed by atoms with E-state index in [9.17, 15) is 9.59 Å². The van der Waals surface area contributed by atoms with Gasteiger partial charge >= 0.3 is 11.9 Å². The summed E-state index contributed by atoms with van der Waals surface area (Å²) in [6.45, 7) is 0. The molecule has 0 aliphatic heterocycles. The lowest BCUT2D eigenvalue weighted by Crippen LogP contribution is -2.33. The number of carboxylic acids is 1. The summed E-state index contributed by atoms with van der Waals surface area (Å²) in [6.07, 6.45) is -0.556. The van der Waals surface area contributed by atoms with Crippen LogP contribution >= 0.6 is 0 Å². The topological polar surface area (TPSA) is 110 Å². The standard InChI is InChI=1S/C4H7NO5/c5-2(1-3(6)7)4(8)10-9/h2,9H,1,5H2,(H,6,7)/t2-/m0/s1. The van der Waals surface area contributed by atoms with Gasteiger partial charge in [0.1, 0.15) is 6.04 Å². The quantitative estimate of drug-likeness (QED) is 0.343. The van der Waals surface area contributed by atoms with Crippen LogP contribution in [0.5, 0.6) is 0 Å². The predicted octanol–water partition coefficient (Wildman–Crippen LogP) is -1.20. The fourth-order valence-electron chi connectivity index (χ4n) is 0.339. The van der Waals surface area contributed by atoms with E-state index in [1.807, 2.05) is 0 Å². The monoisotopic (exact) mass is 149 g/mol. The van der Waals surface area contributed by atoms with Crippen LogP contribution in [0, 0.1) is 0 Å². The highest BCUT2D eigenvalue weighted by Gasteiger charge is 2.18. The minimum Gasteiger partial charge on any atom is -0.481 e. The number of hydrogen-bond acceptors (Lipinski definition) is 5. The van der Waals surface area contributed by atoms with Gasteiger partial charge in [-0.3, -0.25) is 9.68 Å². The molecular weight excluding hydrogens is 142 g/mol. The predicted molar refractivity (Wildman–Crippen MR) is 28.9 cm³/mol. The first-order valence-electron chi connectivity index (χ1n) is 2.40. The van der Waals surface area contributed by atoms with Gasteiger partial charge in [-0.15, -0.1) is 0 Å². The summed E-state index contributed by atoms with van der Waals surface area (Å²) in [5.74, 6) is -2.37. The molecule has 4 N–H and O–H groups in total. The van der Waals surface area contributed by atoms with E-state index in [1.165, 1.54) is 0 Å². The van der Waals surface area contributed by atoms with Gasteiger partial charge in [0.2, 0.25) is 0 Å². The molecule has 0 amide bonds. The first-order chi connectivity index (χ1) is 4.57. The van der Waals surface area contributed by atoms with Crippen LogP contribution in [0.3, 0.4) is 0 Å². The van der Waals surface area contributed by atoms with Crippen LogP contribution in [0.15, 0.2) is 0 Å². The molecule has 58 valence electrons. The third kappa shape index (κ3) is 3.00. The van der Waals surface area contributed by atoms with Crippen molar-refractivity contribution in [1.29, 1.82) is 0 Å². The van der Waals surface area contributed by atoms with Crippen molar-refractivity contribution in [2.45, 2.75) is 12.5 Å². The van der Waals surface area contributed by atoms with Gasteiger partial charge < -0.3 is 10.8 Å². The van der Waals surface area contributed by atoms with Gasteiger partial charge in [0.15, 0.2) is 0 Å². The molecule has 0 bridgehead atoms. The molecule has 1 atom stereocenters. The largest absolute Gasteiger partial charge is 0.481 e. The highest BCUT2D eigenvalue weighted by molar-refractivity contribution is 5.81. The summed E-state index contributed by atoms with van der Waals surface area (Å²) >= 11 is 0.